The Balaban J connectivity index is 1.60. The lowest BCUT2D eigenvalue weighted by Gasteiger charge is -2.09. The minimum absolute atomic E-state index is 0.0746. The SMILES string of the molecule is N#Cc1cc(NCc2ccnc(-n3cccn3)c2)nc2ccc([N+](=O)[O-])cc12. The molecule has 0 fully saturated rings. The monoisotopic (exact) mass is 371 g/mol. The Hall–Kier alpha value is -4.32. The number of rotatable bonds is 5. The van der Waals surface area contributed by atoms with E-state index in [0.717, 1.165) is 5.56 Å². The number of nitrogens with one attached hydrogen (secondary N) is 1. The van der Waals surface area contributed by atoms with Crippen molar-refractivity contribution in [3.8, 4) is 11.9 Å². The molecule has 0 radical (unpaired) electrons. The van der Waals surface area contributed by atoms with E-state index in [9.17, 15) is 15.4 Å². The molecule has 0 saturated heterocycles. The molecule has 1 N–H and O–H groups in total. The van der Waals surface area contributed by atoms with Gasteiger partial charge in [-0.25, -0.2) is 14.6 Å². The van der Waals surface area contributed by atoms with E-state index in [1.807, 2.05) is 24.4 Å². The summed E-state index contributed by atoms with van der Waals surface area (Å²) < 4.78 is 1.67. The van der Waals surface area contributed by atoms with Gasteiger partial charge in [-0.2, -0.15) is 10.4 Å². The lowest BCUT2D eigenvalue weighted by molar-refractivity contribution is -0.384. The Bertz CT molecular complexity index is 1210. The first-order chi connectivity index (χ1) is 13.6. The summed E-state index contributed by atoms with van der Waals surface area (Å²) in [6, 6.07) is 13.5. The number of aromatic nitrogens is 4. The van der Waals surface area contributed by atoms with Crippen molar-refractivity contribution in [3.05, 3.63) is 82.3 Å². The Labute approximate surface area is 159 Å². The standard InChI is InChI=1S/C19H13N7O2/c20-11-14-9-18(24-17-3-2-15(26(27)28)10-16(14)17)22-12-13-4-6-21-19(8-13)25-7-1-5-23-25/h1-10H,12H2,(H,22,24). The molecule has 0 unspecified atom stereocenters. The fraction of sp³-hybridized carbons (Fsp3) is 0.0526. The molecule has 0 aliphatic rings. The second kappa shape index (κ2) is 7.13. The first-order valence-electron chi connectivity index (χ1n) is 8.32. The lowest BCUT2D eigenvalue weighted by Crippen LogP contribution is -2.04. The Kier molecular flexibility index (Phi) is 4.35. The van der Waals surface area contributed by atoms with Crippen LogP contribution in [0.5, 0.6) is 0 Å². The third kappa shape index (κ3) is 3.34. The average molecular weight is 371 g/mol. The zero-order chi connectivity index (χ0) is 19.5. The summed E-state index contributed by atoms with van der Waals surface area (Å²) in [6.07, 6.45) is 5.18. The van der Waals surface area contributed by atoms with Gasteiger partial charge in [-0.15, -0.1) is 0 Å². The van der Waals surface area contributed by atoms with E-state index in [2.05, 4.69) is 26.5 Å². The number of benzene rings is 1. The third-order valence-electron chi connectivity index (χ3n) is 4.15. The summed E-state index contributed by atoms with van der Waals surface area (Å²) in [6.45, 7) is 0.465. The normalized spacial score (nSPS) is 10.5. The number of fused-ring (bicyclic) bond motifs is 1. The first-order valence-corrected chi connectivity index (χ1v) is 8.32. The molecule has 9 nitrogen and oxygen atoms in total. The molecule has 0 saturated carbocycles. The fourth-order valence-corrected chi connectivity index (χ4v) is 2.80. The molecule has 0 bridgehead atoms. The van der Waals surface area contributed by atoms with Gasteiger partial charge in [-0.3, -0.25) is 10.1 Å². The summed E-state index contributed by atoms with van der Waals surface area (Å²) in [5.41, 5.74) is 1.72. The highest BCUT2D eigenvalue weighted by Gasteiger charge is 2.11. The number of anilines is 1. The predicted octanol–water partition coefficient (Wildman–Crippen LogP) is 3.21. The summed E-state index contributed by atoms with van der Waals surface area (Å²) >= 11 is 0. The number of nitrogens with zero attached hydrogens (tertiary/aromatic N) is 6. The van der Waals surface area contributed by atoms with Crippen LogP contribution in [0.2, 0.25) is 0 Å². The molecule has 1 aromatic carbocycles. The molecule has 0 aliphatic heterocycles. The van der Waals surface area contributed by atoms with Crippen LogP contribution in [-0.2, 0) is 6.54 Å². The molecule has 136 valence electrons. The van der Waals surface area contributed by atoms with Crippen molar-refractivity contribution in [2.24, 2.45) is 0 Å². The Morgan fingerprint density at radius 1 is 1.21 bits per heavy atom. The van der Waals surface area contributed by atoms with E-state index in [0.29, 0.717) is 34.6 Å². The highest BCUT2D eigenvalue weighted by Crippen LogP contribution is 2.25. The minimum atomic E-state index is -0.493. The van der Waals surface area contributed by atoms with Gasteiger partial charge in [0, 0.05) is 42.7 Å². The number of nitro benzene ring substituents is 1. The number of hydrogen-bond donors (Lipinski definition) is 1. The lowest BCUT2D eigenvalue weighted by atomic mass is 10.1. The summed E-state index contributed by atoms with van der Waals surface area (Å²) in [7, 11) is 0. The van der Waals surface area contributed by atoms with Crippen molar-refractivity contribution in [1.29, 1.82) is 5.26 Å². The number of nitro groups is 1. The van der Waals surface area contributed by atoms with Gasteiger partial charge in [0.15, 0.2) is 5.82 Å². The molecule has 4 rings (SSSR count). The van der Waals surface area contributed by atoms with Gasteiger partial charge in [0.2, 0.25) is 0 Å². The van der Waals surface area contributed by atoms with Crippen LogP contribution < -0.4 is 5.32 Å². The number of nitriles is 1. The van der Waals surface area contributed by atoms with E-state index < -0.39 is 4.92 Å². The maximum atomic E-state index is 11.0. The molecule has 0 atom stereocenters. The molecular weight excluding hydrogens is 358 g/mol. The third-order valence-corrected chi connectivity index (χ3v) is 4.15. The van der Waals surface area contributed by atoms with E-state index in [1.54, 1.807) is 29.2 Å². The van der Waals surface area contributed by atoms with Crippen molar-refractivity contribution in [3.63, 3.8) is 0 Å². The van der Waals surface area contributed by atoms with Crippen LogP contribution in [0.3, 0.4) is 0 Å². The predicted molar refractivity (Wildman–Crippen MR) is 102 cm³/mol. The maximum Gasteiger partial charge on any atom is 0.270 e. The molecule has 28 heavy (non-hydrogen) atoms. The largest absolute Gasteiger partial charge is 0.366 e. The minimum Gasteiger partial charge on any atom is -0.366 e. The van der Waals surface area contributed by atoms with Crippen molar-refractivity contribution >= 4 is 22.4 Å². The molecule has 3 heterocycles. The van der Waals surface area contributed by atoms with E-state index in [-0.39, 0.29) is 5.69 Å². The van der Waals surface area contributed by atoms with Crippen LogP contribution in [0.25, 0.3) is 16.7 Å². The molecule has 3 aromatic heterocycles. The van der Waals surface area contributed by atoms with Gasteiger partial charge >= 0.3 is 0 Å². The highest BCUT2D eigenvalue weighted by atomic mass is 16.6. The van der Waals surface area contributed by atoms with Crippen LogP contribution >= 0.6 is 0 Å². The van der Waals surface area contributed by atoms with Gasteiger partial charge < -0.3 is 5.32 Å². The van der Waals surface area contributed by atoms with Crippen molar-refractivity contribution in [2.45, 2.75) is 6.54 Å². The summed E-state index contributed by atoms with van der Waals surface area (Å²) in [4.78, 5) is 19.2. The fourth-order valence-electron chi connectivity index (χ4n) is 2.80. The van der Waals surface area contributed by atoms with Crippen molar-refractivity contribution in [1.82, 2.24) is 19.7 Å². The zero-order valence-electron chi connectivity index (χ0n) is 14.5. The molecule has 4 aromatic rings. The van der Waals surface area contributed by atoms with Gasteiger partial charge in [0.25, 0.3) is 5.69 Å². The Morgan fingerprint density at radius 2 is 2.11 bits per heavy atom. The quantitative estimate of drug-likeness (QED) is 0.422. The second-order valence-corrected chi connectivity index (χ2v) is 5.95. The van der Waals surface area contributed by atoms with E-state index in [1.165, 1.54) is 12.1 Å². The molecule has 9 heteroatoms. The molecule has 0 amide bonds. The molecule has 0 aliphatic carbocycles. The van der Waals surface area contributed by atoms with Gasteiger partial charge in [-0.1, -0.05) is 0 Å². The smallest absolute Gasteiger partial charge is 0.270 e. The topological polar surface area (TPSA) is 123 Å². The van der Waals surface area contributed by atoms with E-state index >= 15 is 0 Å². The second-order valence-electron chi connectivity index (χ2n) is 5.95. The number of non-ortho nitro benzene ring substituents is 1. The Morgan fingerprint density at radius 3 is 2.86 bits per heavy atom. The van der Waals surface area contributed by atoms with Crippen molar-refractivity contribution in [2.75, 3.05) is 5.32 Å². The summed E-state index contributed by atoms with van der Waals surface area (Å²) in [5, 5.41) is 28.2. The average Bonchev–Trinajstić information content (AvgIpc) is 3.26. The molecule has 0 spiro atoms. The van der Waals surface area contributed by atoms with Gasteiger partial charge in [0.1, 0.15) is 5.82 Å². The van der Waals surface area contributed by atoms with Gasteiger partial charge in [-0.05, 0) is 35.9 Å². The van der Waals surface area contributed by atoms with E-state index in [4.69, 9.17) is 0 Å². The maximum absolute atomic E-state index is 11.0. The highest BCUT2D eigenvalue weighted by molar-refractivity contribution is 5.88. The van der Waals surface area contributed by atoms with Crippen LogP contribution in [0, 0.1) is 21.4 Å². The van der Waals surface area contributed by atoms with Crippen LogP contribution in [0.4, 0.5) is 11.5 Å². The summed E-state index contributed by atoms with van der Waals surface area (Å²) in [5.74, 6) is 1.20. The van der Waals surface area contributed by atoms with Crippen molar-refractivity contribution < 1.29 is 4.92 Å². The van der Waals surface area contributed by atoms with Crippen LogP contribution in [-0.4, -0.2) is 24.7 Å². The number of pyridine rings is 2. The van der Waals surface area contributed by atoms with Crippen LogP contribution in [0.15, 0.2) is 61.1 Å². The zero-order valence-corrected chi connectivity index (χ0v) is 14.5. The molecular formula is C19H13N7O2. The first kappa shape index (κ1) is 17.1. The van der Waals surface area contributed by atoms with Gasteiger partial charge in [0.05, 0.1) is 22.1 Å². The van der Waals surface area contributed by atoms with Crippen LogP contribution in [0.1, 0.15) is 11.1 Å². The number of hydrogen-bond acceptors (Lipinski definition) is 7.